The highest BCUT2D eigenvalue weighted by Gasteiger charge is 2.03. The predicted molar refractivity (Wildman–Crippen MR) is 66.6 cm³/mol. The molecule has 0 heterocycles. The molecule has 16 heavy (non-hydrogen) atoms. The molecule has 1 rings (SSSR count). The zero-order chi connectivity index (χ0) is 11.6. The number of hydrogen-bond acceptors (Lipinski definition) is 2. The van der Waals surface area contributed by atoms with E-state index >= 15 is 0 Å². The fourth-order valence-electron chi connectivity index (χ4n) is 1.47. The molecule has 0 aliphatic carbocycles. The summed E-state index contributed by atoms with van der Waals surface area (Å²) >= 11 is 0. The van der Waals surface area contributed by atoms with Crippen molar-refractivity contribution in [3.63, 3.8) is 0 Å². The van der Waals surface area contributed by atoms with Crippen LogP contribution in [0.3, 0.4) is 0 Å². The highest BCUT2D eigenvalue weighted by molar-refractivity contribution is 5.20. The van der Waals surface area contributed by atoms with Crippen LogP contribution in [0.1, 0.15) is 25.7 Å². The zero-order valence-corrected chi connectivity index (χ0v) is 9.64. The second-order valence-electron chi connectivity index (χ2n) is 3.82. The highest BCUT2D eigenvalue weighted by Crippen LogP contribution is 2.10. The maximum absolute atomic E-state index is 9.64. The van der Waals surface area contributed by atoms with Crippen molar-refractivity contribution >= 4 is 0 Å². The SMILES string of the molecule is C=CCCCC(O)CCOc1ccccc1. The van der Waals surface area contributed by atoms with Crippen molar-refractivity contribution in [2.75, 3.05) is 6.61 Å². The van der Waals surface area contributed by atoms with Gasteiger partial charge in [0.1, 0.15) is 5.75 Å². The lowest BCUT2D eigenvalue weighted by Crippen LogP contribution is -2.11. The van der Waals surface area contributed by atoms with E-state index in [0.717, 1.165) is 25.0 Å². The Morgan fingerprint density at radius 3 is 2.69 bits per heavy atom. The van der Waals surface area contributed by atoms with Gasteiger partial charge in [-0.1, -0.05) is 24.3 Å². The Balaban J connectivity index is 2.08. The summed E-state index contributed by atoms with van der Waals surface area (Å²) < 4.78 is 5.50. The monoisotopic (exact) mass is 220 g/mol. The van der Waals surface area contributed by atoms with Crippen molar-refractivity contribution < 1.29 is 9.84 Å². The van der Waals surface area contributed by atoms with Gasteiger partial charge in [-0.2, -0.15) is 0 Å². The van der Waals surface area contributed by atoms with E-state index in [0.29, 0.717) is 13.0 Å². The van der Waals surface area contributed by atoms with Gasteiger partial charge < -0.3 is 9.84 Å². The van der Waals surface area contributed by atoms with Gasteiger partial charge in [0.15, 0.2) is 0 Å². The molecule has 1 N–H and O–H groups in total. The van der Waals surface area contributed by atoms with Crippen LogP contribution in [-0.4, -0.2) is 17.8 Å². The molecule has 0 fully saturated rings. The second kappa shape index (κ2) is 7.94. The van der Waals surface area contributed by atoms with E-state index in [-0.39, 0.29) is 6.10 Å². The summed E-state index contributed by atoms with van der Waals surface area (Å²) in [5.41, 5.74) is 0. The van der Waals surface area contributed by atoms with Gasteiger partial charge >= 0.3 is 0 Å². The van der Waals surface area contributed by atoms with E-state index in [2.05, 4.69) is 6.58 Å². The molecular formula is C14H20O2. The molecule has 1 unspecified atom stereocenters. The third-order valence-electron chi connectivity index (χ3n) is 2.41. The number of allylic oxidation sites excluding steroid dienone is 1. The Morgan fingerprint density at radius 2 is 2.00 bits per heavy atom. The Hall–Kier alpha value is -1.28. The van der Waals surface area contributed by atoms with E-state index in [1.165, 1.54) is 0 Å². The van der Waals surface area contributed by atoms with E-state index in [4.69, 9.17) is 4.74 Å². The Kier molecular flexibility index (Phi) is 6.35. The van der Waals surface area contributed by atoms with Gasteiger partial charge in [-0.15, -0.1) is 6.58 Å². The number of aliphatic hydroxyl groups excluding tert-OH is 1. The molecule has 1 aromatic carbocycles. The lowest BCUT2D eigenvalue weighted by atomic mass is 10.1. The normalized spacial score (nSPS) is 12.1. The molecule has 0 bridgehead atoms. The molecule has 0 aromatic heterocycles. The van der Waals surface area contributed by atoms with Crippen LogP contribution < -0.4 is 4.74 Å². The molecule has 88 valence electrons. The smallest absolute Gasteiger partial charge is 0.119 e. The lowest BCUT2D eigenvalue weighted by molar-refractivity contribution is 0.129. The Bertz CT molecular complexity index is 282. The molecule has 2 heteroatoms. The average Bonchev–Trinajstić information content (AvgIpc) is 2.31. The van der Waals surface area contributed by atoms with Gasteiger partial charge in [0.05, 0.1) is 12.7 Å². The van der Waals surface area contributed by atoms with Gasteiger partial charge in [0.25, 0.3) is 0 Å². The fourth-order valence-corrected chi connectivity index (χ4v) is 1.47. The van der Waals surface area contributed by atoms with Crippen LogP contribution in [0, 0.1) is 0 Å². The minimum Gasteiger partial charge on any atom is -0.493 e. The molecule has 0 amide bonds. The molecule has 1 atom stereocenters. The first kappa shape index (κ1) is 12.8. The standard InChI is InChI=1S/C14H20O2/c1-2-3-5-8-13(15)11-12-16-14-9-6-4-7-10-14/h2,4,6-7,9-10,13,15H,1,3,5,8,11-12H2. The summed E-state index contributed by atoms with van der Waals surface area (Å²) in [7, 11) is 0. The first-order chi connectivity index (χ1) is 7.83. The van der Waals surface area contributed by atoms with Crippen molar-refractivity contribution in [1.29, 1.82) is 0 Å². The van der Waals surface area contributed by atoms with Gasteiger partial charge in [-0.05, 0) is 31.4 Å². The number of unbranched alkanes of at least 4 members (excludes halogenated alkanes) is 1. The van der Waals surface area contributed by atoms with Crippen LogP contribution in [0.15, 0.2) is 43.0 Å². The maximum Gasteiger partial charge on any atom is 0.119 e. The number of aliphatic hydroxyl groups is 1. The third kappa shape index (κ3) is 5.56. The topological polar surface area (TPSA) is 29.5 Å². The summed E-state index contributed by atoms with van der Waals surface area (Å²) in [5, 5.41) is 9.64. The Labute approximate surface area is 97.6 Å². The lowest BCUT2D eigenvalue weighted by Gasteiger charge is -2.10. The van der Waals surface area contributed by atoms with Crippen LogP contribution in [0.5, 0.6) is 5.75 Å². The van der Waals surface area contributed by atoms with E-state index in [1.807, 2.05) is 36.4 Å². The molecular weight excluding hydrogens is 200 g/mol. The number of benzene rings is 1. The zero-order valence-electron chi connectivity index (χ0n) is 9.64. The predicted octanol–water partition coefficient (Wildman–Crippen LogP) is 3.17. The van der Waals surface area contributed by atoms with Crippen LogP contribution in [0.25, 0.3) is 0 Å². The number of hydrogen-bond donors (Lipinski definition) is 1. The number of rotatable bonds is 8. The van der Waals surface area contributed by atoms with Crippen LogP contribution in [-0.2, 0) is 0 Å². The fraction of sp³-hybridized carbons (Fsp3) is 0.429. The van der Waals surface area contributed by atoms with Crippen molar-refractivity contribution in [3.05, 3.63) is 43.0 Å². The largest absolute Gasteiger partial charge is 0.493 e. The van der Waals surface area contributed by atoms with E-state index in [9.17, 15) is 5.11 Å². The summed E-state index contributed by atoms with van der Waals surface area (Å²) in [5.74, 6) is 0.862. The molecule has 0 aliphatic rings. The van der Waals surface area contributed by atoms with Crippen molar-refractivity contribution in [2.24, 2.45) is 0 Å². The minimum atomic E-state index is -0.260. The minimum absolute atomic E-state index is 0.260. The van der Waals surface area contributed by atoms with Crippen molar-refractivity contribution in [3.8, 4) is 5.75 Å². The maximum atomic E-state index is 9.64. The highest BCUT2D eigenvalue weighted by atomic mass is 16.5. The van der Waals surface area contributed by atoms with Crippen molar-refractivity contribution in [1.82, 2.24) is 0 Å². The number of ether oxygens (including phenoxy) is 1. The van der Waals surface area contributed by atoms with Crippen LogP contribution >= 0.6 is 0 Å². The first-order valence-electron chi connectivity index (χ1n) is 5.79. The average molecular weight is 220 g/mol. The molecule has 0 spiro atoms. The summed E-state index contributed by atoms with van der Waals surface area (Å²) in [6.07, 6.45) is 5.10. The molecule has 0 radical (unpaired) electrons. The molecule has 0 saturated heterocycles. The number of para-hydroxylation sites is 1. The molecule has 1 aromatic rings. The van der Waals surface area contributed by atoms with E-state index in [1.54, 1.807) is 0 Å². The van der Waals surface area contributed by atoms with E-state index < -0.39 is 0 Å². The van der Waals surface area contributed by atoms with Crippen LogP contribution in [0.4, 0.5) is 0 Å². The van der Waals surface area contributed by atoms with Gasteiger partial charge in [-0.25, -0.2) is 0 Å². The van der Waals surface area contributed by atoms with Crippen LogP contribution in [0.2, 0.25) is 0 Å². The Morgan fingerprint density at radius 1 is 1.25 bits per heavy atom. The molecule has 0 saturated carbocycles. The first-order valence-corrected chi connectivity index (χ1v) is 5.79. The third-order valence-corrected chi connectivity index (χ3v) is 2.41. The molecule has 2 nitrogen and oxygen atoms in total. The molecule has 0 aliphatic heterocycles. The van der Waals surface area contributed by atoms with Gasteiger partial charge in [0, 0.05) is 6.42 Å². The summed E-state index contributed by atoms with van der Waals surface area (Å²) in [6.45, 7) is 4.22. The van der Waals surface area contributed by atoms with Gasteiger partial charge in [-0.3, -0.25) is 0 Å². The second-order valence-corrected chi connectivity index (χ2v) is 3.82. The summed E-state index contributed by atoms with van der Waals surface area (Å²) in [6, 6.07) is 9.68. The van der Waals surface area contributed by atoms with Gasteiger partial charge in [0.2, 0.25) is 0 Å². The quantitative estimate of drug-likeness (QED) is 0.538. The van der Waals surface area contributed by atoms with Crippen molar-refractivity contribution in [2.45, 2.75) is 31.8 Å². The summed E-state index contributed by atoms with van der Waals surface area (Å²) in [4.78, 5) is 0.